The van der Waals surface area contributed by atoms with Crippen molar-refractivity contribution in [2.45, 2.75) is 18.9 Å². The Morgan fingerprint density at radius 2 is 2.13 bits per heavy atom. The smallest absolute Gasteiger partial charge is 0.744 e. The molecule has 1 rings (SSSR count). The van der Waals surface area contributed by atoms with Crippen LogP contribution < -0.4 is 24.6 Å². The minimum absolute atomic E-state index is 0. The first-order chi connectivity index (χ1) is 6.26. The molecule has 5 nitrogen and oxygen atoms in total. The Bertz CT molecular complexity index is 426. The van der Waals surface area contributed by atoms with Gasteiger partial charge in [0.25, 0.3) is 0 Å². The zero-order valence-electron chi connectivity index (χ0n) is 8.56. The Morgan fingerprint density at radius 1 is 1.60 bits per heavy atom. The summed E-state index contributed by atoms with van der Waals surface area (Å²) in [5, 5.41) is 0. The maximum atomic E-state index is 11.0. The molecule has 0 aromatic rings. The molecule has 0 aromatic heterocycles. The molecule has 0 aromatic carbocycles. The number of carbonyl (C=O) groups excluding carboxylic acids is 1. The third kappa shape index (κ3) is 3.29. The molecule has 0 amide bonds. The minimum atomic E-state index is -4.44. The van der Waals surface area contributed by atoms with Gasteiger partial charge in [-0.25, -0.2) is 8.42 Å². The number of carbonyl (C=O) groups is 1. The molecule has 0 spiro atoms. The number of allylic oxidation sites excluding steroid dienone is 1. The van der Waals surface area contributed by atoms with E-state index in [9.17, 15) is 17.8 Å². The van der Waals surface area contributed by atoms with Crippen LogP contribution in [0.3, 0.4) is 0 Å². The van der Waals surface area contributed by atoms with Crippen molar-refractivity contribution in [2.24, 2.45) is 5.73 Å². The van der Waals surface area contributed by atoms with Crippen molar-refractivity contribution in [3.8, 4) is 0 Å². The SMILES string of the molecule is CC(=O)C1(N)C=CC(S(=O)(=O)[O-])=CC1.[Li+]. The van der Waals surface area contributed by atoms with Crippen molar-refractivity contribution >= 4 is 15.9 Å². The second kappa shape index (κ2) is 4.64. The molecular formula is C8H10LiNO4S. The van der Waals surface area contributed by atoms with E-state index in [1.54, 1.807) is 0 Å². The van der Waals surface area contributed by atoms with Gasteiger partial charge in [-0.05, 0) is 19.4 Å². The van der Waals surface area contributed by atoms with Crippen LogP contribution >= 0.6 is 0 Å². The average Bonchev–Trinajstić information content (AvgIpc) is 2.03. The van der Waals surface area contributed by atoms with E-state index in [1.165, 1.54) is 19.1 Å². The molecule has 0 fully saturated rings. The molecule has 1 unspecified atom stereocenters. The average molecular weight is 223 g/mol. The van der Waals surface area contributed by atoms with Crippen LogP contribution in [0.25, 0.3) is 0 Å². The van der Waals surface area contributed by atoms with Crippen LogP contribution in [-0.4, -0.2) is 24.3 Å². The molecule has 0 aliphatic heterocycles. The summed E-state index contributed by atoms with van der Waals surface area (Å²) in [7, 11) is -4.44. The van der Waals surface area contributed by atoms with Gasteiger partial charge in [0.05, 0.1) is 10.4 Å². The summed E-state index contributed by atoms with van der Waals surface area (Å²) in [5.74, 6) is -0.271. The standard InChI is InChI=1S/C8H11NO4S.Li/c1-6(10)8(9)4-2-7(3-5-8)14(11,12)13;/h2-4H,5,9H2,1H3,(H,11,12,13);/q;+1/p-1. The van der Waals surface area contributed by atoms with Crippen molar-refractivity contribution in [1.82, 2.24) is 0 Å². The van der Waals surface area contributed by atoms with E-state index < -0.39 is 15.7 Å². The van der Waals surface area contributed by atoms with Gasteiger partial charge in [0.2, 0.25) is 0 Å². The van der Waals surface area contributed by atoms with Crippen LogP contribution in [0.2, 0.25) is 0 Å². The van der Waals surface area contributed by atoms with Crippen molar-refractivity contribution in [2.75, 3.05) is 0 Å². The fourth-order valence-corrected chi connectivity index (χ4v) is 1.61. The summed E-state index contributed by atoms with van der Waals surface area (Å²) in [4.78, 5) is 10.7. The number of nitrogens with two attached hydrogens (primary N) is 1. The fourth-order valence-electron chi connectivity index (χ4n) is 1.08. The molecule has 15 heavy (non-hydrogen) atoms. The second-order valence-corrected chi connectivity index (χ2v) is 4.57. The van der Waals surface area contributed by atoms with E-state index in [2.05, 4.69) is 0 Å². The third-order valence-corrected chi connectivity index (χ3v) is 3.01. The first-order valence-corrected chi connectivity index (χ1v) is 5.32. The van der Waals surface area contributed by atoms with E-state index in [0.29, 0.717) is 0 Å². The van der Waals surface area contributed by atoms with E-state index in [0.717, 1.165) is 6.08 Å². The molecular weight excluding hydrogens is 213 g/mol. The number of rotatable bonds is 2. The van der Waals surface area contributed by atoms with E-state index in [-0.39, 0.29) is 36.0 Å². The second-order valence-electron chi connectivity index (χ2n) is 3.19. The molecule has 2 N–H and O–H groups in total. The number of Topliss-reactive ketones (excluding diaryl/α,β-unsaturated/α-hetero) is 1. The van der Waals surface area contributed by atoms with Gasteiger partial charge in [-0.3, -0.25) is 4.79 Å². The van der Waals surface area contributed by atoms with Gasteiger partial charge in [-0.15, -0.1) is 0 Å². The van der Waals surface area contributed by atoms with E-state index in [4.69, 9.17) is 5.73 Å². The number of hydrogen-bond acceptors (Lipinski definition) is 5. The Kier molecular flexibility index (Phi) is 4.52. The molecule has 78 valence electrons. The first-order valence-electron chi connectivity index (χ1n) is 3.91. The maximum Gasteiger partial charge on any atom is 1.00 e. The van der Waals surface area contributed by atoms with Gasteiger partial charge in [0, 0.05) is 0 Å². The van der Waals surface area contributed by atoms with Gasteiger partial charge >= 0.3 is 18.9 Å². The largest absolute Gasteiger partial charge is 1.00 e. The van der Waals surface area contributed by atoms with Gasteiger partial charge in [0.1, 0.15) is 10.1 Å². The monoisotopic (exact) mass is 223 g/mol. The molecule has 0 radical (unpaired) electrons. The fraction of sp³-hybridized carbons (Fsp3) is 0.375. The Balaban J connectivity index is 0.00000196. The Morgan fingerprint density at radius 3 is 2.40 bits per heavy atom. The van der Waals surface area contributed by atoms with E-state index >= 15 is 0 Å². The first kappa shape index (κ1) is 14.6. The normalized spacial score (nSPS) is 25.4. The third-order valence-electron chi connectivity index (χ3n) is 2.13. The predicted molar refractivity (Wildman–Crippen MR) is 49.1 cm³/mol. The molecule has 1 aliphatic rings. The van der Waals surface area contributed by atoms with Crippen LogP contribution in [0, 0.1) is 0 Å². The molecule has 1 atom stereocenters. The number of ketones is 1. The zero-order chi connectivity index (χ0) is 11.0. The predicted octanol–water partition coefficient (Wildman–Crippen LogP) is -3.33. The van der Waals surface area contributed by atoms with Gasteiger partial charge in [-0.1, -0.05) is 12.2 Å². The van der Waals surface area contributed by atoms with Crippen LogP contribution in [0.5, 0.6) is 0 Å². The summed E-state index contributed by atoms with van der Waals surface area (Å²) in [6.07, 6.45) is 3.53. The molecule has 1 aliphatic carbocycles. The van der Waals surface area contributed by atoms with Gasteiger partial charge in [0.15, 0.2) is 5.78 Å². The van der Waals surface area contributed by atoms with Crippen LogP contribution in [-0.2, 0) is 14.9 Å². The zero-order valence-corrected chi connectivity index (χ0v) is 9.37. The molecule has 0 saturated carbocycles. The van der Waals surface area contributed by atoms with Gasteiger partial charge < -0.3 is 10.3 Å². The Hall–Kier alpha value is -0.383. The summed E-state index contributed by atoms with van der Waals surface area (Å²) < 4.78 is 31.7. The van der Waals surface area contributed by atoms with Crippen LogP contribution in [0.4, 0.5) is 0 Å². The topological polar surface area (TPSA) is 100 Å². The van der Waals surface area contributed by atoms with Gasteiger partial charge in [-0.2, -0.15) is 0 Å². The minimum Gasteiger partial charge on any atom is -0.744 e. The maximum absolute atomic E-state index is 11.0. The van der Waals surface area contributed by atoms with Crippen LogP contribution in [0.15, 0.2) is 23.1 Å². The van der Waals surface area contributed by atoms with Crippen molar-refractivity contribution in [3.63, 3.8) is 0 Å². The summed E-state index contributed by atoms with van der Waals surface area (Å²) in [6, 6.07) is 0. The quantitative estimate of drug-likeness (QED) is 0.389. The van der Waals surface area contributed by atoms with Crippen molar-refractivity contribution < 1.29 is 36.6 Å². The van der Waals surface area contributed by atoms with Crippen molar-refractivity contribution in [3.05, 3.63) is 23.1 Å². The van der Waals surface area contributed by atoms with Crippen LogP contribution in [0.1, 0.15) is 13.3 Å². The van der Waals surface area contributed by atoms with Crippen molar-refractivity contribution in [1.29, 1.82) is 0 Å². The van der Waals surface area contributed by atoms with E-state index in [1.807, 2.05) is 0 Å². The molecule has 0 saturated heterocycles. The summed E-state index contributed by atoms with van der Waals surface area (Å²) in [6.45, 7) is 1.31. The molecule has 0 bridgehead atoms. The summed E-state index contributed by atoms with van der Waals surface area (Å²) in [5.41, 5.74) is 4.46. The summed E-state index contributed by atoms with van der Waals surface area (Å²) >= 11 is 0. The molecule has 7 heteroatoms. The molecule has 0 heterocycles. The number of hydrogen-bond donors (Lipinski definition) is 1. The Labute approximate surface area is 100 Å².